The summed E-state index contributed by atoms with van der Waals surface area (Å²) in [6.45, 7) is 6.35. The van der Waals surface area contributed by atoms with Crippen molar-refractivity contribution in [1.82, 2.24) is 25.2 Å². The highest BCUT2D eigenvalue weighted by molar-refractivity contribution is 9.10. The van der Waals surface area contributed by atoms with Crippen LogP contribution in [-0.4, -0.2) is 78.2 Å². The van der Waals surface area contributed by atoms with Gasteiger partial charge < -0.3 is 9.64 Å². The molecule has 33 heavy (non-hydrogen) atoms. The fraction of sp³-hybridized carbons (Fsp3) is 0.478. The summed E-state index contributed by atoms with van der Waals surface area (Å²) in [5.74, 6) is 0.290. The Kier molecular flexibility index (Phi) is 7.88. The predicted octanol–water partition coefficient (Wildman–Crippen LogP) is 2.19. The Hall–Kier alpha value is -2.58. The summed E-state index contributed by atoms with van der Waals surface area (Å²) in [4.78, 5) is 26.3. The van der Waals surface area contributed by atoms with E-state index in [1.54, 1.807) is 5.01 Å². The van der Waals surface area contributed by atoms with Gasteiger partial charge in [-0.25, -0.2) is 4.98 Å². The van der Waals surface area contributed by atoms with Crippen molar-refractivity contribution in [2.24, 2.45) is 0 Å². The number of nitrogens with zero attached hydrogens (tertiary/aromatic N) is 6. The van der Waals surface area contributed by atoms with Gasteiger partial charge in [0.25, 0.3) is 5.91 Å². The van der Waals surface area contributed by atoms with Gasteiger partial charge in [-0.1, -0.05) is 12.1 Å². The molecule has 2 fully saturated rings. The largest absolute Gasteiger partial charge is 0.381 e. The van der Waals surface area contributed by atoms with Gasteiger partial charge in [-0.2, -0.15) is 10.2 Å². The van der Waals surface area contributed by atoms with Crippen molar-refractivity contribution in [2.45, 2.75) is 25.4 Å². The monoisotopic (exact) mass is 513 g/mol. The van der Waals surface area contributed by atoms with Crippen LogP contribution in [0.1, 0.15) is 34.6 Å². The van der Waals surface area contributed by atoms with E-state index < -0.39 is 0 Å². The third kappa shape index (κ3) is 6.06. The van der Waals surface area contributed by atoms with Crippen LogP contribution in [0.2, 0.25) is 0 Å². The topological polar surface area (TPSA) is 97.6 Å². The number of benzene rings is 1. The van der Waals surface area contributed by atoms with E-state index >= 15 is 0 Å². The van der Waals surface area contributed by atoms with Gasteiger partial charge in [-0.3, -0.25) is 20.1 Å². The van der Waals surface area contributed by atoms with Crippen molar-refractivity contribution >= 4 is 27.7 Å². The van der Waals surface area contributed by atoms with Crippen molar-refractivity contribution in [3.05, 3.63) is 51.9 Å². The molecule has 0 bridgehead atoms. The number of piperazine rings is 1. The molecule has 0 saturated carbocycles. The molecule has 174 valence electrons. The molecular formula is C23H28BrN7O2. The molecule has 1 aromatic carbocycles. The van der Waals surface area contributed by atoms with Gasteiger partial charge in [0, 0.05) is 57.7 Å². The summed E-state index contributed by atoms with van der Waals surface area (Å²) < 4.78 is 6.10. The Labute approximate surface area is 202 Å². The minimum absolute atomic E-state index is 0.00283. The zero-order chi connectivity index (χ0) is 23.2. The number of rotatable bonds is 6. The van der Waals surface area contributed by atoms with Crippen LogP contribution in [0.5, 0.6) is 0 Å². The molecule has 1 N–H and O–H groups in total. The number of halogens is 1. The van der Waals surface area contributed by atoms with Crippen LogP contribution in [0.4, 0.5) is 5.82 Å². The highest BCUT2D eigenvalue weighted by atomic mass is 79.9. The van der Waals surface area contributed by atoms with E-state index in [4.69, 9.17) is 4.74 Å². The zero-order valence-electron chi connectivity index (χ0n) is 18.7. The number of likely N-dealkylation sites (N-methyl/N-ethyl adjacent to an activating group) is 1. The molecule has 0 atom stereocenters. The Morgan fingerprint density at radius 2 is 1.94 bits per heavy atom. The molecule has 2 aliphatic rings. The molecule has 2 saturated heterocycles. The van der Waals surface area contributed by atoms with Crippen LogP contribution in [0, 0.1) is 11.3 Å². The van der Waals surface area contributed by atoms with Crippen molar-refractivity contribution in [2.75, 3.05) is 51.4 Å². The quantitative estimate of drug-likeness (QED) is 0.587. The maximum Gasteiger partial charge on any atom is 0.269 e. The molecule has 4 rings (SSSR count). The predicted molar refractivity (Wildman–Crippen MR) is 127 cm³/mol. The number of aromatic nitrogens is 2. The van der Waals surface area contributed by atoms with Gasteiger partial charge in [0.15, 0.2) is 5.82 Å². The number of hydrazine groups is 1. The van der Waals surface area contributed by atoms with E-state index in [1.807, 2.05) is 30.3 Å². The summed E-state index contributed by atoms with van der Waals surface area (Å²) >= 11 is 3.47. The minimum Gasteiger partial charge on any atom is -0.381 e. The number of hydrogen-bond donors (Lipinski definition) is 1. The van der Waals surface area contributed by atoms with E-state index in [1.165, 1.54) is 11.8 Å². The molecule has 9 nitrogen and oxygen atoms in total. The molecule has 0 radical (unpaired) electrons. The first-order chi connectivity index (χ1) is 16.0. The van der Waals surface area contributed by atoms with Crippen molar-refractivity contribution < 1.29 is 9.53 Å². The van der Waals surface area contributed by atoms with E-state index in [0.29, 0.717) is 29.1 Å². The van der Waals surface area contributed by atoms with E-state index in [2.05, 4.69) is 48.2 Å². The molecule has 1 aromatic heterocycles. The Bertz CT molecular complexity index is 997. The zero-order valence-corrected chi connectivity index (χ0v) is 20.3. The molecule has 0 unspecified atom stereocenters. The minimum atomic E-state index is -0.225. The molecule has 3 heterocycles. The smallest absolute Gasteiger partial charge is 0.269 e. The molecule has 2 aliphatic heterocycles. The first kappa shape index (κ1) is 23.6. The Balaban J connectivity index is 1.48. The fourth-order valence-corrected chi connectivity index (χ4v) is 4.42. The first-order valence-electron chi connectivity index (χ1n) is 11.1. The van der Waals surface area contributed by atoms with Gasteiger partial charge >= 0.3 is 0 Å². The lowest BCUT2D eigenvalue weighted by Crippen LogP contribution is -2.51. The summed E-state index contributed by atoms with van der Waals surface area (Å²) in [6, 6.07) is 9.71. The molecule has 0 aliphatic carbocycles. The number of ether oxygens (including phenoxy) is 1. The molecule has 1 amide bonds. The summed E-state index contributed by atoms with van der Waals surface area (Å²) in [7, 11) is 2.15. The third-order valence-corrected chi connectivity index (χ3v) is 6.61. The summed E-state index contributed by atoms with van der Waals surface area (Å²) in [6.07, 6.45) is 3.01. The van der Waals surface area contributed by atoms with Gasteiger partial charge in [-0.05, 0) is 53.5 Å². The maximum atomic E-state index is 13.2. The lowest BCUT2D eigenvalue weighted by molar-refractivity contribution is 0.0774. The average Bonchev–Trinajstić information content (AvgIpc) is 2.85. The second-order valence-electron chi connectivity index (χ2n) is 8.41. The lowest BCUT2D eigenvalue weighted by atomic mass is 10.1. The Morgan fingerprint density at radius 1 is 1.24 bits per heavy atom. The van der Waals surface area contributed by atoms with E-state index in [-0.39, 0.29) is 17.8 Å². The average molecular weight is 514 g/mol. The lowest BCUT2D eigenvalue weighted by Gasteiger charge is -2.35. The van der Waals surface area contributed by atoms with Crippen LogP contribution in [0.15, 0.2) is 34.9 Å². The molecular weight excluding hydrogens is 486 g/mol. The second-order valence-corrected chi connectivity index (χ2v) is 9.26. The number of nitriles is 1. The number of anilines is 1. The molecule has 10 heteroatoms. The van der Waals surface area contributed by atoms with Gasteiger partial charge in [0.2, 0.25) is 5.82 Å². The standard InChI is InChI=1S/C23H28BrN7O2/c1-29-8-10-30(11-9-29)16-17-2-4-18(5-3-17)23(32)28-31(19-6-12-33-13-7-19)22-20(24)15-26-21(14-25)27-22/h2-5,15,19H,6-13,16H2,1H3,(H,28,32). The van der Waals surface area contributed by atoms with E-state index in [9.17, 15) is 10.1 Å². The number of hydrogen-bond acceptors (Lipinski definition) is 8. The van der Waals surface area contributed by atoms with Gasteiger partial charge in [0.1, 0.15) is 6.07 Å². The number of carbonyl (C=O) groups is 1. The first-order valence-corrected chi connectivity index (χ1v) is 11.9. The summed E-state index contributed by atoms with van der Waals surface area (Å²) in [5.41, 5.74) is 4.77. The van der Waals surface area contributed by atoms with Crippen molar-refractivity contribution in [1.29, 1.82) is 5.26 Å². The van der Waals surface area contributed by atoms with Crippen molar-refractivity contribution in [3.63, 3.8) is 0 Å². The van der Waals surface area contributed by atoms with Crippen LogP contribution >= 0.6 is 15.9 Å². The maximum absolute atomic E-state index is 13.2. The van der Waals surface area contributed by atoms with Crippen LogP contribution < -0.4 is 10.4 Å². The fourth-order valence-electron chi connectivity index (χ4n) is 4.04. The van der Waals surface area contributed by atoms with Crippen LogP contribution in [-0.2, 0) is 11.3 Å². The summed E-state index contributed by atoms with van der Waals surface area (Å²) in [5, 5.41) is 11.0. The Morgan fingerprint density at radius 3 is 2.61 bits per heavy atom. The number of amides is 1. The molecule has 2 aromatic rings. The SMILES string of the molecule is CN1CCN(Cc2ccc(C(=O)NN(c3nc(C#N)ncc3Br)C3CCOCC3)cc2)CC1. The van der Waals surface area contributed by atoms with Crippen molar-refractivity contribution in [3.8, 4) is 6.07 Å². The number of nitrogens with one attached hydrogen (secondary N) is 1. The van der Waals surface area contributed by atoms with E-state index in [0.717, 1.165) is 45.6 Å². The van der Waals surface area contributed by atoms with Gasteiger partial charge in [-0.15, -0.1) is 0 Å². The third-order valence-electron chi connectivity index (χ3n) is 6.05. The second kappa shape index (κ2) is 11.0. The van der Waals surface area contributed by atoms with Gasteiger partial charge in [0.05, 0.1) is 10.5 Å². The molecule has 0 spiro atoms. The van der Waals surface area contributed by atoms with Crippen LogP contribution in [0.3, 0.4) is 0 Å². The highest BCUT2D eigenvalue weighted by Crippen LogP contribution is 2.27. The highest BCUT2D eigenvalue weighted by Gasteiger charge is 2.27. The number of carbonyl (C=O) groups excluding carboxylic acids is 1. The normalized spacial score (nSPS) is 18.0. The van der Waals surface area contributed by atoms with Crippen LogP contribution in [0.25, 0.3) is 0 Å².